The van der Waals surface area contributed by atoms with E-state index >= 15 is 0 Å². The summed E-state index contributed by atoms with van der Waals surface area (Å²) >= 11 is 0. The SMILES string of the molecule is C1CCOC1.CC1=C(CC=O)C(C)(C)CCC1.CC1CCCC(C)(C)C1CCCC(=O)O.CCOC(=O)/C=C/CC1=C(C)CCCC1(C)C.CCOC(=O)C=P(c1ccccc1)(c1ccccc1)c1ccccc1.CCOC(=O)CCCC1C(C)CCCC1(C)C. The van der Waals surface area contributed by atoms with Gasteiger partial charge in [0, 0.05) is 44.3 Å². The number of esters is 3. The highest BCUT2D eigenvalue weighted by Crippen LogP contribution is 2.48. The largest absolute Gasteiger partial charge is 0.481 e. The number of carbonyl (C=O) groups excluding carboxylic acids is 4. The van der Waals surface area contributed by atoms with E-state index in [1.165, 1.54) is 119 Å². The van der Waals surface area contributed by atoms with Crippen LogP contribution in [0.4, 0.5) is 0 Å². The minimum Gasteiger partial charge on any atom is -0.481 e. The number of carboxylic acids is 1. The fraction of sp³-hybridized carbons (Fsp3) is 0.625. The Morgan fingerprint density at radius 2 is 0.956 bits per heavy atom. The number of carbonyl (C=O) groups is 5. The van der Waals surface area contributed by atoms with Gasteiger partial charge in [-0.25, -0.2) is 9.59 Å². The van der Waals surface area contributed by atoms with Gasteiger partial charge in [0.25, 0.3) is 0 Å². The van der Waals surface area contributed by atoms with Crippen LogP contribution in [0.15, 0.2) is 125 Å². The van der Waals surface area contributed by atoms with Gasteiger partial charge < -0.3 is 28.8 Å². The second-order valence-corrected chi connectivity index (χ2v) is 31.8. The van der Waals surface area contributed by atoms with Gasteiger partial charge in [-0.3, -0.25) is 9.59 Å². The summed E-state index contributed by atoms with van der Waals surface area (Å²) in [6.07, 6.45) is 29.0. The molecule has 0 bridgehead atoms. The zero-order chi connectivity index (χ0) is 67.5. The number of ether oxygens (including phenoxy) is 4. The van der Waals surface area contributed by atoms with Gasteiger partial charge in [-0.2, -0.15) is 0 Å². The summed E-state index contributed by atoms with van der Waals surface area (Å²) < 4.78 is 20.1. The molecule has 1 saturated heterocycles. The fourth-order valence-electron chi connectivity index (χ4n) is 14.9. The molecule has 1 N–H and O–H groups in total. The molecule has 3 fully saturated rings. The van der Waals surface area contributed by atoms with Gasteiger partial charge in [0.2, 0.25) is 0 Å². The van der Waals surface area contributed by atoms with E-state index in [2.05, 4.69) is 119 Å². The van der Waals surface area contributed by atoms with Crippen LogP contribution in [0, 0.1) is 45.3 Å². The molecule has 8 rings (SSSR count). The molecule has 4 aliphatic carbocycles. The highest BCUT2D eigenvalue weighted by molar-refractivity contribution is 7.95. The molecule has 1 heterocycles. The number of allylic oxidation sites excluding steroid dienone is 5. The van der Waals surface area contributed by atoms with Crippen molar-refractivity contribution in [2.45, 2.75) is 245 Å². The first kappa shape index (κ1) is 79.9. The van der Waals surface area contributed by atoms with Crippen LogP contribution in [-0.4, -0.2) is 74.1 Å². The van der Waals surface area contributed by atoms with Crippen molar-refractivity contribution in [2.75, 3.05) is 33.0 Å². The molecule has 0 spiro atoms. The lowest BCUT2D eigenvalue weighted by Crippen LogP contribution is -2.33. The van der Waals surface area contributed by atoms with Crippen molar-refractivity contribution in [2.24, 2.45) is 45.3 Å². The average Bonchev–Trinajstić information content (AvgIpc) is 0.951. The number of benzene rings is 3. The van der Waals surface area contributed by atoms with E-state index in [1.54, 1.807) is 11.9 Å². The van der Waals surface area contributed by atoms with Gasteiger partial charge in [-0.05, 0) is 199 Å². The molecule has 11 heteroatoms. The summed E-state index contributed by atoms with van der Waals surface area (Å²) in [7, 11) is 0. The second kappa shape index (κ2) is 41.4. The van der Waals surface area contributed by atoms with Crippen LogP contribution in [0.3, 0.4) is 0 Å². The Labute approximate surface area is 553 Å². The Bertz CT molecular complexity index is 2650. The van der Waals surface area contributed by atoms with Crippen LogP contribution in [0.5, 0.6) is 0 Å². The summed E-state index contributed by atoms with van der Waals surface area (Å²) in [5.41, 5.74) is 7.22. The standard InChI is InChI=1S/C22H21O2P.C15H28O2.C15H24O2.C13H24O2.C11H18O.C4H8O/c1-2-24-22(23)18-25(19-12-6-3-7-13-19,20-14-8-4-9-15-20)21-16-10-5-11-17-21;2*1-5-17-14(16)10-6-9-13-12(2)8-7-11-15(13,3)4;1-10-6-5-9-13(2,3)11(10)7-4-8-12(14)15;1-9-5-4-7-11(2,3)10(9)6-8-12;1-2-4-5-3-1/h3-18H,2H2,1H3;12-13H,5-11H2,1-4H3;6,10H,5,7-9,11H2,1-4H3;10-11H,4-9H2,1-3H3,(H,14,15);8H,4-7H2,1-3H3;1-4H2/b;;10-6+;;;. The zero-order valence-corrected chi connectivity index (χ0v) is 60.3. The van der Waals surface area contributed by atoms with Crippen molar-refractivity contribution in [1.82, 2.24) is 0 Å². The smallest absolute Gasteiger partial charge is 0.331 e. The van der Waals surface area contributed by atoms with Crippen LogP contribution < -0.4 is 15.9 Å². The van der Waals surface area contributed by atoms with E-state index in [-0.39, 0.29) is 28.7 Å². The quantitative estimate of drug-likeness (QED) is 0.0290. The Balaban J connectivity index is 0.000000297. The van der Waals surface area contributed by atoms with Crippen LogP contribution in [0.25, 0.3) is 0 Å². The maximum atomic E-state index is 12.5. The lowest BCUT2D eigenvalue weighted by Gasteiger charge is -2.43. The summed E-state index contributed by atoms with van der Waals surface area (Å²) in [6.45, 7) is 34.2. The monoisotopic (exact) mass is 1270 g/mol. The molecule has 508 valence electrons. The third-order valence-electron chi connectivity index (χ3n) is 19.9. The minimum absolute atomic E-state index is 0.0335. The van der Waals surface area contributed by atoms with Gasteiger partial charge in [0.05, 0.1) is 19.8 Å². The lowest BCUT2D eigenvalue weighted by atomic mass is 9.62. The maximum absolute atomic E-state index is 12.5. The fourth-order valence-corrected chi connectivity index (χ4v) is 18.6. The molecule has 0 amide bonds. The molecule has 1 aliphatic heterocycles. The van der Waals surface area contributed by atoms with E-state index < -0.39 is 12.9 Å². The first-order chi connectivity index (χ1) is 43.2. The Morgan fingerprint density at radius 3 is 1.32 bits per heavy atom. The first-order valence-corrected chi connectivity index (χ1v) is 36.8. The van der Waals surface area contributed by atoms with Crippen LogP contribution >= 0.6 is 6.89 Å². The number of rotatable bonds is 20. The van der Waals surface area contributed by atoms with E-state index in [0.29, 0.717) is 55.8 Å². The molecule has 2 saturated carbocycles. The van der Waals surface area contributed by atoms with Crippen LogP contribution in [0.2, 0.25) is 0 Å². The minimum atomic E-state index is -2.24. The lowest BCUT2D eigenvalue weighted by molar-refractivity contribution is -0.143. The van der Waals surface area contributed by atoms with Gasteiger partial charge in [0.15, 0.2) is 0 Å². The number of hydrogen-bond acceptors (Lipinski definition) is 9. The van der Waals surface area contributed by atoms with Gasteiger partial charge in [-0.1, -0.05) is 214 Å². The summed E-state index contributed by atoms with van der Waals surface area (Å²) in [4.78, 5) is 56.0. The molecule has 91 heavy (non-hydrogen) atoms. The Morgan fingerprint density at radius 1 is 0.549 bits per heavy atom. The third kappa shape index (κ3) is 27.7. The summed E-state index contributed by atoms with van der Waals surface area (Å²) in [5, 5.41) is 12.1. The third-order valence-corrected chi connectivity index (χ3v) is 23.8. The Kier molecular flexibility index (Phi) is 36.4. The number of aldehydes is 1. The summed E-state index contributed by atoms with van der Waals surface area (Å²) in [5.74, 6) is 3.66. The number of carboxylic acid groups (broad SMARTS) is 1. The maximum Gasteiger partial charge on any atom is 0.331 e. The van der Waals surface area contributed by atoms with Gasteiger partial charge in [-0.15, -0.1) is 0 Å². The highest BCUT2D eigenvalue weighted by atomic mass is 31.2. The van der Waals surface area contributed by atoms with Crippen molar-refractivity contribution in [3.8, 4) is 0 Å². The molecule has 4 unspecified atom stereocenters. The van der Waals surface area contributed by atoms with Gasteiger partial charge in [0.1, 0.15) is 6.29 Å². The molecule has 0 aromatic heterocycles. The molecule has 4 atom stereocenters. The molecule has 3 aromatic carbocycles. The summed E-state index contributed by atoms with van der Waals surface area (Å²) in [6, 6.07) is 30.7. The zero-order valence-electron chi connectivity index (χ0n) is 59.4. The van der Waals surface area contributed by atoms with Crippen molar-refractivity contribution in [3.05, 3.63) is 125 Å². The van der Waals surface area contributed by atoms with Crippen molar-refractivity contribution in [1.29, 1.82) is 0 Å². The average molecular weight is 1280 g/mol. The molecular weight excluding hydrogens is 1150 g/mol. The van der Waals surface area contributed by atoms with Gasteiger partial charge >= 0.3 is 23.9 Å². The molecule has 10 nitrogen and oxygen atoms in total. The van der Waals surface area contributed by atoms with E-state index in [0.717, 1.165) is 78.9 Å². The van der Waals surface area contributed by atoms with Crippen LogP contribution in [0.1, 0.15) is 245 Å². The molecule has 0 radical (unpaired) electrons. The van der Waals surface area contributed by atoms with E-state index in [9.17, 15) is 24.0 Å². The molecule has 3 aromatic rings. The highest BCUT2D eigenvalue weighted by Gasteiger charge is 2.38. The second-order valence-electron chi connectivity index (χ2n) is 28.6. The van der Waals surface area contributed by atoms with Crippen molar-refractivity contribution < 1.29 is 48.0 Å². The number of aliphatic carboxylic acids is 1. The predicted octanol–water partition coefficient (Wildman–Crippen LogP) is 19.2. The topological polar surface area (TPSA) is 143 Å². The number of hydrogen-bond donors (Lipinski definition) is 1. The van der Waals surface area contributed by atoms with Crippen LogP contribution in [-0.2, 0) is 42.9 Å². The Hall–Kier alpha value is -5.31. The van der Waals surface area contributed by atoms with Crippen molar-refractivity contribution >= 4 is 58.8 Å². The molecular formula is C80H123O10P. The normalized spacial score (nSPS) is 21.1. The first-order valence-electron chi connectivity index (χ1n) is 34.9. The van der Waals surface area contributed by atoms with Crippen molar-refractivity contribution in [3.63, 3.8) is 0 Å². The predicted molar refractivity (Wildman–Crippen MR) is 382 cm³/mol. The van der Waals surface area contributed by atoms with E-state index in [1.807, 2.05) is 81.4 Å². The molecule has 5 aliphatic rings. The van der Waals surface area contributed by atoms with E-state index in [4.69, 9.17) is 24.1 Å².